The Kier molecular flexibility index (Phi) is 8.78. The third kappa shape index (κ3) is 5.00. The van der Waals surface area contributed by atoms with Gasteiger partial charge in [-0.15, -0.1) is 0 Å². The number of methoxy groups -OCH3 is 4. The van der Waals surface area contributed by atoms with Crippen LogP contribution in [0.25, 0.3) is 5.57 Å². The molecule has 1 amide bonds. The number of nitrogens with zero attached hydrogens (tertiary/aromatic N) is 1. The molecule has 1 aromatic rings. The maximum absolute atomic E-state index is 14.2. The van der Waals surface area contributed by atoms with Gasteiger partial charge in [-0.05, 0) is 39.3 Å². The zero-order valence-corrected chi connectivity index (χ0v) is 27.1. The van der Waals surface area contributed by atoms with E-state index in [0.717, 1.165) is 28.4 Å². The lowest BCUT2D eigenvalue weighted by Gasteiger charge is -2.51. The van der Waals surface area contributed by atoms with Gasteiger partial charge in [-0.3, -0.25) is 9.69 Å². The zero-order chi connectivity index (χ0) is 33.1. The normalized spacial score (nSPS) is 18.6. The maximum atomic E-state index is 14.2. The first kappa shape index (κ1) is 33.5. The van der Waals surface area contributed by atoms with E-state index in [9.17, 15) is 37.1 Å². The van der Waals surface area contributed by atoms with Crippen molar-refractivity contribution in [3.8, 4) is 0 Å². The van der Waals surface area contributed by atoms with E-state index in [2.05, 4.69) is 0 Å². The number of halogens is 3. The number of hydrogen-bond donors (Lipinski definition) is 0. The van der Waals surface area contributed by atoms with Crippen molar-refractivity contribution in [1.29, 1.82) is 0 Å². The summed E-state index contributed by atoms with van der Waals surface area (Å²) in [6.45, 7) is 5.96. The quantitative estimate of drug-likeness (QED) is 0.323. The van der Waals surface area contributed by atoms with Gasteiger partial charge in [0, 0.05) is 16.0 Å². The standard InChI is InChI=1S/C28H26F3NO9S3/c1-11-9-12(2)16-13(10-11)14-20(26(3,4)32(16)25(37)28(29,30)31)42-17(22(34)39-6)15(21(33)38-5)27(14)43-18(23(35)40-7)19(44-27)24(36)41-8/h9-10H,1-8H3. The lowest BCUT2D eigenvalue weighted by Crippen LogP contribution is -2.57. The first-order valence-corrected chi connectivity index (χ1v) is 15.0. The average Bonchev–Trinajstić information content (AvgIpc) is 3.35. The fourth-order valence-corrected chi connectivity index (χ4v) is 10.3. The molecule has 16 heteroatoms. The molecule has 0 saturated heterocycles. The summed E-state index contributed by atoms with van der Waals surface area (Å²) in [4.78, 5) is 65.9. The van der Waals surface area contributed by atoms with Crippen LogP contribution in [0.3, 0.4) is 0 Å². The molecule has 3 aliphatic rings. The Labute approximate surface area is 262 Å². The summed E-state index contributed by atoms with van der Waals surface area (Å²) in [5.74, 6) is -6.15. The molecule has 236 valence electrons. The SMILES string of the molecule is COC(=O)C1=C(C(=O)OC)SC2(S1)C(C(=O)OC)=C(C(=O)OC)SC1=C2c2cc(C)cc(C)c2N(C(=O)C(F)(F)F)C1(C)C. The minimum atomic E-state index is -5.28. The van der Waals surface area contributed by atoms with Gasteiger partial charge in [0.05, 0.1) is 45.2 Å². The van der Waals surface area contributed by atoms with Crippen LogP contribution in [0, 0.1) is 13.8 Å². The number of fused-ring (bicyclic) bond motifs is 3. The molecule has 44 heavy (non-hydrogen) atoms. The fourth-order valence-electron chi connectivity index (χ4n) is 5.29. The van der Waals surface area contributed by atoms with E-state index < -0.39 is 45.6 Å². The predicted molar refractivity (Wildman–Crippen MR) is 158 cm³/mol. The summed E-state index contributed by atoms with van der Waals surface area (Å²) >= 11 is 2.02. The van der Waals surface area contributed by atoms with Crippen molar-refractivity contribution < 1.29 is 56.1 Å². The van der Waals surface area contributed by atoms with Gasteiger partial charge in [0.2, 0.25) is 0 Å². The minimum Gasteiger partial charge on any atom is -0.466 e. The molecule has 0 aliphatic carbocycles. The van der Waals surface area contributed by atoms with E-state index in [-0.39, 0.29) is 42.0 Å². The molecule has 0 bridgehead atoms. The Bertz CT molecular complexity index is 1600. The second-order valence-electron chi connectivity index (χ2n) is 10.1. The predicted octanol–water partition coefficient (Wildman–Crippen LogP) is 4.78. The largest absolute Gasteiger partial charge is 0.471 e. The van der Waals surface area contributed by atoms with Crippen LogP contribution in [0.4, 0.5) is 18.9 Å². The molecule has 0 atom stereocenters. The van der Waals surface area contributed by atoms with Crippen LogP contribution >= 0.6 is 35.3 Å². The molecule has 0 N–H and O–H groups in total. The van der Waals surface area contributed by atoms with Crippen LogP contribution in [0.2, 0.25) is 0 Å². The number of thioether (sulfide) groups is 3. The van der Waals surface area contributed by atoms with Gasteiger partial charge in [0.1, 0.15) is 18.8 Å². The van der Waals surface area contributed by atoms with E-state index in [1.54, 1.807) is 19.1 Å². The van der Waals surface area contributed by atoms with E-state index >= 15 is 0 Å². The molecule has 3 heterocycles. The molecule has 0 radical (unpaired) electrons. The van der Waals surface area contributed by atoms with Gasteiger partial charge in [-0.25, -0.2) is 19.2 Å². The highest BCUT2D eigenvalue weighted by Crippen LogP contribution is 2.71. The lowest BCUT2D eigenvalue weighted by atomic mass is 9.81. The highest BCUT2D eigenvalue weighted by molar-refractivity contribution is 8.26. The van der Waals surface area contributed by atoms with Gasteiger partial charge in [-0.2, -0.15) is 13.2 Å². The molecule has 10 nitrogen and oxygen atoms in total. The number of alkyl halides is 3. The maximum Gasteiger partial charge on any atom is 0.471 e. The number of esters is 4. The van der Waals surface area contributed by atoms with E-state index in [1.807, 2.05) is 0 Å². The lowest BCUT2D eigenvalue weighted by molar-refractivity contribution is -0.171. The van der Waals surface area contributed by atoms with E-state index in [0.29, 0.717) is 51.3 Å². The molecule has 0 unspecified atom stereocenters. The van der Waals surface area contributed by atoms with Gasteiger partial charge in [0.15, 0.2) is 0 Å². The third-order valence-corrected chi connectivity index (χ3v) is 11.7. The van der Waals surface area contributed by atoms with Gasteiger partial charge >= 0.3 is 36.0 Å². The summed E-state index contributed by atoms with van der Waals surface area (Å²) in [6, 6.07) is 3.14. The number of aryl methyl sites for hydroxylation is 2. The van der Waals surface area contributed by atoms with Crippen LogP contribution < -0.4 is 4.90 Å². The molecule has 1 aromatic carbocycles. The first-order valence-electron chi connectivity index (χ1n) is 12.6. The number of hydrogen-bond acceptors (Lipinski definition) is 12. The van der Waals surface area contributed by atoms with Gasteiger partial charge < -0.3 is 18.9 Å². The summed E-state index contributed by atoms with van der Waals surface area (Å²) in [7, 11) is 4.25. The number of anilines is 1. The summed E-state index contributed by atoms with van der Waals surface area (Å²) in [5, 5.41) is 0. The summed E-state index contributed by atoms with van der Waals surface area (Å²) in [5.41, 5.74) is -1.03. The van der Waals surface area contributed by atoms with Crippen LogP contribution in [0.1, 0.15) is 30.5 Å². The highest BCUT2D eigenvalue weighted by atomic mass is 32.2. The van der Waals surface area contributed by atoms with Crippen molar-refractivity contribution in [2.45, 2.75) is 43.5 Å². The van der Waals surface area contributed by atoms with Crippen LogP contribution in [-0.4, -0.2) is 74.0 Å². The molecule has 3 aliphatic heterocycles. The number of rotatable bonds is 4. The van der Waals surface area contributed by atoms with E-state index in [4.69, 9.17) is 18.9 Å². The molecular formula is C28H26F3NO9S3. The smallest absolute Gasteiger partial charge is 0.466 e. The number of benzene rings is 1. The molecular weight excluding hydrogens is 648 g/mol. The average molecular weight is 674 g/mol. The number of carbonyl (C=O) groups excluding carboxylic acids is 5. The highest BCUT2D eigenvalue weighted by Gasteiger charge is 2.63. The fraction of sp³-hybridized carbons (Fsp3) is 0.393. The molecule has 1 spiro atoms. The third-order valence-electron chi connectivity index (χ3n) is 7.01. The van der Waals surface area contributed by atoms with Crippen molar-refractivity contribution in [2.24, 2.45) is 0 Å². The second-order valence-corrected chi connectivity index (χ2v) is 13.9. The van der Waals surface area contributed by atoms with Crippen LogP contribution in [0.15, 0.2) is 37.3 Å². The topological polar surface area (TPSA) is 126 Å². The first-order chi connectivity index (χ1) is 20.4. The molecule has 0 fully saturated rings. The van der Waals surface area contributed by atoms with Crippen molar-refractivity contribution in [1.82, 2.24) is 0 Å². The van der Waals surface area contributed by atoms with Crippen LogP contribution in [0.5, 0.6) is 0 Å². The van der Waals surface area contributed by atoms with Gasteiger partial charge in [0.25, 0.3) is 0 Å². The summed E-state index contributed by atoms with van der Waals surface area (Å²) in [6.07, 6.45) is -5.28. The zero-order valence-electron chi connectivity index (χ0n) is 24.6. The van der Waals surface area contributed by atoms with Gasteiger partial charge in [-0.1, -0.05) is 46.9 Å². The molecule has 4 rings (SSSR count). The number of ether oxygens (including phenoxy) is 4. The second kappa shape index (κ2) is 11.5. The number of amides is 1. The van der Waals surface area contributed by atoms with Crippen molar-refractivity contribution in [3.05, 3.63) is 54.0 Å². The van der Waals surface area contributed by atoms with Crippen LogP contribution in [-0.2, 0) is 42.9 Å². The van der Waals surface area contributed by atoms with Crippen molar-refractivity contribution >= 4 is 76.3 Å². The molecule has 0 saturated carbocycles. The Hall–Kier alpha value is -3.37. The van der Waals surface area contributed by atoms with Crippen molar-refractivity contribution in [2.75, 3.05) is 33.3 Å². The monoisotopic (exact) mass is 673 g/mol. The molecule has 0 aromatic heterocycles. The van der Waals surface area contributed by atoms with E-state index in [1.165, 1.54) is 20.8 Å². The number of carbonyl (C=O) groups is 5. The Balaban J connectivity index is 2.23. The Morgan fingerprint density at radius 1 is 0.773 bits per heavy atom. The van der Waals surface area contributed by atoms with Crippen molar-refractivity contribution in [3.63, 3.8) is 0 Å². The Morgan fingerprint density at radius 2 is 1.25 bits per heavy atom. The summed E-state index contributed by atoms with van der Waals surface area (Å²) < 4.78 is 60.5. The minimum absolute atomic E-state index is 0.0657. The Morgan fingerprint density at radius 3 is 1.70 bits per heavy atom.